The summed E-state index contributed by atoms with van der Waals surface area (Å²) in [5, 5.41) is 2.77. The molecule has 0 saturated carbocycles. The lowest BCUT2D eigenvalue weighted by atomic mass is 9.82. The van der Waals surface area contributed by atoms with E-state index in [0.29, 0.717) is 43.8 Å². The van der Waals surface area contributed by atoms with Gasteiger partial charge in [-0.1, -0.05) is 42.5 Å². The largest absolute Gasteiger partial charge is 0.417 e. The molecule has 5 aromatic rings. The molecule has 0 radical (unpaired) electrons. The van der Waals surface area contributed by atoms with Crippen molar-refractivity contribution in [3.8, 4) is 22.3 Å². The van der Waals surface area contributed by atoms with Crippen LogP contribution in [-0.4, -0.2) is 0 Å². The molecule has 0 aliphatic carbocycles. The first-order valence-corrected chi connectivity index (χ1v) is 13.7. The van der Waals surface area contributed by atoms with Crippen molar-refractivity contribution < 1.29 is 26.3 Å². The predicted molar refractivity (Wildman–Crippen MR) is 159 cm³/mol. The van der Waals surface area contributed by atoms with E-state index in [1.165, 1.54) is 31.2 Å². The smallest absolute Gasteiger partial charge is 0.166 e. The topological polar surface area (TPSA) is 0 Å². The highest BCUT2D eigenvalue weighted by Gasteiger charge is 2.34. The molecule has 0 bridgehead atoms. The van der Waals surface area contributed by atoms with Crippen molar-refractivity contribution in [1.82, 2.24) is 0 Å². The second-order valence-corrected chi connectivity index (χ2v) is 11.6. The van der Waals surface area contributed by atoms with Crippen LogP contribution in [0.3, 0.4) is 0 Å². The van der Waals surface area contributed by atoms with Gasteiger partial charge in [0, 0.05) is 3.57 Å². The Kier molecular flexibility index (Phi) is 6.96. The van der Waals surface area contributed by atoms with Crippen molar-refractivity contribution >= 4 is 44.1 Å². The van der Waals surface area contributed by atoms with E-state index < -0.39 is 23.5 Å². The molecule has 0 fully saturated rings. The van der Waals surface area contributed by atoms with Gasteiger partial charge < -0.3 is 0 Å². The fourth-order valence-electron chi connectivity index (χ4n) is 5.35. The first-order valence-electron chi connectivity index (χ1n) is 12.6. The zero-order valence-corrected chi connectivity index (χ0v) is 24.6. The summed E-state index contributed by atoms with van der Waals surface area (Å²) in [5.41, 5.74) is 4.50. The summed E-state index contributed by atoms with van der Waals surface area (Å²) >= 11 is 1.69. The zero-order valence-electron chi connectivity index (χ0n) is 22.4. The first kappa shape index (κ1) is 28.5. The van der Waals surface area contributed by atoms with Gasteiger partial charge in [0.2, 0.25) is 0 Å². The number of hydrogen-bond donors (Lipinski definition) is 0. The molecule has 0 aromatic heterocycles. The second kappa shape index (κ2) is 9.79. The van der Waals surface area contributed by atoms with Gasteiger partial charge in [-0.25, -0.2) is 0 Å². The highest BCUT2D eigenvalue weighted by molar-refractivity contribution is 14.1. The first-order chi connectivity index (χ1) is 18.6. The van der Waals surface area contributed by atoms with Crippen LogP contribution in [0.1, 0.15) is 38.9 Å². The number of fused-ring (bicyclic) bond motifs is 2. The minimum Gasteiger partial charge on any atom is -0.166 e. The molecule has 0 amide bonds. The Morgan fingerprint density at radius 1 is 0.450 bits per heavy atom. The molecule has 0 aliphatic rings. The summed E-state index contributed by atoms with van der Waals surface area (Å²) in [6.07, 6.45) is -9.06. The average molecular weight is 662 g/mol. The average Bonchev–Trinajstić information content (AvgIpc) is 2.84. The fraction of sp³-hybridized carbons (Fsp3) is 0.212. The Balaban J connectivity index is 2.02. The summed E-state index contributed by atoms with van der Waals surface area (Å²) in [5.74, 6) is 0. The van der Waals surface area contributed by atoms with Crippen LogP contribution >= 0.6 is 22.6 Å². The fourth-order valence-corrected chi connectivity index (χ4v) is 5.99. The Morgan fingerprint density at radius 3 is 1.18 bits per heavy atom. The molecule has 0 spiro atoms. The highest BCUT2D eigenvalue weighted by atomic mass is 127. The lowest BCUT2D eigenvalue weighted by Gasteiger charge is -2.22. The molecule has 0 N–H and O–H groups in total. The summed E-state index contributed by atoms with van der Waals surface area (Å²) < 4.78 is 83.9. The zero-order chi connectivity index (χ0) is 29.3. The van der Waals surface area contributed by atoms with Crippen LogP contribution in [0.4, 0.5) is 26.3 Å². The molecule has 0 aliphatic heterocycles. The van der Waals surface area contributed by atoms with E-state index in [0.717, 1.165) is 22.3 Å². The Labute approximate surface area is 242 Å². The molecule has 7 heteroatoms. The third kappa shape index (κ3) is 4.86. The van der Waals surface area contributed by atoms with Crippen LogP contribution in [-0.2, 0) is 12.4 Å². The molecule has 0 unspecified atom stereocenters. The van der Waals surface area contributed by atoms with Gasteiger partial charge in [-0.15, -0.1) is 0 Å². The molecular weight excluding hydrogens is 637 g/mol. The van der Waals surface area contributed by atoms with Gasteiger partial charge in [0.15, 0.2) is 0 Å². The van der Waals surface area contributed by atoms with Gasteiger partial charge >= 0.3 is 12.4 Å². The van der Waals surface area contributed by atoms with Crippen molar-refractivity contribution in [3.05, 3.63) is 103 Å². The number of rotatable bonds is 2. The van der Waals surface area contributed by atoms with E-state index in [-0.39, 0.29) is 9.13 Å². The lowest BCUT2D eigenvalue weighted by molar-refractivity contribution is -0.139. The third-order valence-electron chi connectivity index (χ3n) is 7.74. The highest BCUT2D eigenvalue weighted by Crippen LogP contribution is 2.47. The predicted octanol–water partition coefficient (Wildman–Crippen LogP) is 11.5. The van der Waals surface area contributed by atoms with Crippen molar-refractivity contribution in [3.63, 3.8) is 0 Å². The van der Waals surface area contributed by atoms with Crippen LogP contribution in [0.5, 0.6) is 0 Å². The quantitative estimate of drug-likeness (QED) is 0.100. The van der Waals surface area contributed by atoms with Gasteiger partial charge in [0.05, 0.1) is 11.1 Å². The van der Waals surface area contributed by atoms with E-state index >= 15 is 0 Å². The minimum absolute atomic E-state index is 0.0949. The molecule has 0 saturated heterocycles. The van der Waals surface area contributed by atoms with Crippen LogP contribution in [0.25, 0.3) is 43.8 Å². The summed E-state index contributed by atoms with van der Waals surface area (Å²) in [4.78, 5) is 0. The number of hydrogen-bond acceptors (Lipinski definition) is 0. The number of benzene rings is 5. The van der Waals surface area contributed by atoms with E-state index in [9.17, 15) is 26.3 Å². The van der Waals surface area contributed by atoms with Gasteiger partial charge in [0.25, 0.3) is 0 Å². The minimum atomic E-state index is -4.53. The van der Waals surface area contributed by atoms with Crippen LogP contribution in [0.15, 0.2) is 60.7 Å². The summed E-state index contributed by atoms with van der Waals surface area (Å²) in [6.45, 7) is 9.12. The lowest BCUT2D eigenvalue weighted by Crippen LogP contribution is -2.08. The van der Waals surface area contributed by atoms with E-state index in [1.807, 2.05) is 52.0 Å². The standard InChI is InChI=1S/C33H25F6I/c1-16-6-7-21(14-27(16)32(34,35)36)30-23-10-17(2)19(4)12-25(23)31(26-13-20(5)18(3)11-24(26)30)22-8-9-29(40)28(15-22)33(37,38)39/h6-15H,1-5H3. The maximum atomic E-state index is 14.0. The number of aryl methyl sites for hydroxylation is 5. The van der Waals surface area contributed by atoms with Crippen LogP contribution in [0, 0.1) is 38.2 Å². The van der Waals surface area contributed by atoms with Gasteiger partial charge in [-0.2, -0.15) is 26.3 Å². The molecule has 5 rings (SSSR count). The SMILES string of the molecule is Cc1cc2c(-c3ccc(C)c(C(F)(F)F)c3)c3cc(C)c(C)cc3c(-c3ccc(I)c(C(F)(F)F)c3)c2cc1C. The normalized spacial score (nSPS) is 12.5. The molecule has 0 heterocycles. The Hall–Kier alpha value is -3.07. The van der Waals surface area contributed by atoms with E-state index in [1.54, 1.807) is 34.7 Å². The maximum absolute atomic E-state index is 14.0. The van der Waals surface area contributed by atoms with Crippen molar-refractivity contribution in [2.75, 3.05) is 0 Å². The Morgan fingerprint density at radius 2 is 0.800 bits per heavy atom. The van der Waals surface area contributed by atoms with Gasteiger partial charge in [-0.05, 0) is 147 Å². The third-order valence-corrected chi connectivity index (χ3v) is 8.68. The van der Waals surface area contributed by atoms with Crippen molar-refractivity contribution in [2.24, 2.45) is 0 Å². The monoisotopic (exact) mass is 662 g/mol. The van der Waals surface area contributed by atoms with Crippen LogP contribution < -0.4 is 0 Å². The van der Waals surface area contributed by atoms with Crippen LogP contribution in [0.2, 0.25) is 0 Å². The molecular formula is C33H25F6I. The second-order valence-electron chi connectivity index (χ2n) is 10.4. The van der Waals surface area contributed by atoms with E-state index in [4.69, 9.17) is 0 Å². The van der Waals surface area contributed by atoms with E-state index in [2.05, 4.69) is 0 Å². The Bertz CT molecular complexity index is 1620. The number of alkyl halides is 6. The maximum Gasteiger partial charge on any atom is 0.417 e. The molecule has 5 aromatic carbocycles. The molecule has 0 atom stereocenters. The van der Waals surface area contributed by atoms with Gasteiger partial charge in [-0.3, -0.25) is 0 Å². The molecule has 40 heavy (non-hydrogen) atoms. The summed E-state index contributed by atoms with van der Waals surface area (Å²) in [6, 6.07) is 16.4. The van der Waals surface area contributed by atoms with Crippen molar-refractivity contribution in [1.29, 1.82) is 0 Å². The number of halogens is 7. The summed E-state index contributed by atoms with van der Waals surface area (Å²) in [7, 11) is 0. The van der Waals surface area contributed by atoms with Crippen molar-refractivity contribution in [2.45, 2.75) is 47.0 Å². The molecule has 206 valence electrons. The van der Waals surface area contributed by atoms with Gasteiger partial charge in [0.1, 0.15) is 0 Å². The molecule has 0 nitrogen and oxygen atoms in total.